The molecule has 0 saturated heterocycles. The fourth-order valence-corrected chi connectivity index (χ4v) is 7.91. The average molecular weight is 569 g/mol. The van der Waals surface area contributed by atoms with Gasteiger partial charge in [-0.05, 0) is 119 Å². The van der Waals surface area contributed by atoms with Gasteiger partial charge in [0.15, 0.2) is 0 Å². The second kappa shape index (κ2) is 11.2. The summed E-state index contributed by atoms with van der Waals surface area (Å²) in [5, 5.41) is 4.61. The number of benzene rings is 1. The van der Waals surface area contributed by atoms with Crippen LogP contribution in [0.2, 0.25) is 0 Å². The molecule has 1 aromatic carbocycles. The molecule has 0 spiro atoms. The number of hydrogen-bond acceptors (Lipinski definition) is 4. The van der Waals surface area contributed by atoms with Crippen molar-refractivity contribution in [2.75, 3.05) is 18.6 Å². The lowest BCUT2D eigenvalue weighted by Crippen LogP contribution is -2.51. The SMILES string of the molecule is COc1ccc(C23CCC(CN(C(=O)C4CCCCC4)c4ccnc(-c5cnn(C(C)(C)C)c5)c4)(CC2)CC3)cc1C. The van der Waals surface area contributed by atoms with Crippen molar-refractivity contribution in [3.05, 3.63) is 60.0 Å². The summed E-state index contributed by atoms with van der Waals surface area (Å²) in [5.41, 5.74) is 5.88. The van der Waals surface area contributed by atoms with Crippen molar-refractivity contribution in [3.63, 3.8) is 0 Å². The molecular weight excluding hydrogens is 520 g/mol. The lowest BCUT2D eigenvalue weighted by Gasteiger charge is -2.55. The van der Waals surface area contributed by atoms with Gasteiger partial charge in [0.05, 0.1) is 24.5 Å². The summed E-state index contributed by atoms with van der Waals surface area (Å²) in [6, 6.07) is 11.0. The third-order valence-electron chi connectivity index (χ3n) is 10.7. The zero-order valence-electron chi connectivity index (χ0n) is 26.3. The van der Waals surface area contributed by atoms with Crippen LogP contribution < -0.4 is 9.64 Å². The molecule has 6 heteroatoms. The second-order valence-corrected chi connectivity index (χ2v) is 14.5. The Labute approximate surface area is 251 Å². The Kier molecular flexibility index (Phi) is 7.69. The molecule has 42 heavy (non-hydrogen) atoms. The highest BCUT2D eigenvalue weighted by Crippen LogP contribution is 2.58. The Bertz CT molecular complexity index is 1400. The first-order valence-electron chi connectivity index (χ1n) is 16.1. The zero-order valence-corrected chi connectivity index (χ0v) is 26.3. The van der Waals surface area contributed by atoms with Crippen molar-refractivity contribution in [1.82, 2.24) is 14.8 Å². The second-order valence-electron chi connectivity index (χ2n) is 14.5. The number of hydrogen-bond donors (Lipinski definition) is 0. The summed E-state index contributed by atoms with van der Waals surface area (Å²) >= 11 is 0. The number of fused-ring (bicyclic) bond motifs is 3. The first-order valence-corrected chi connectivity index (χ1v) is 16.1. The molecule has 2 heterocycles. The van der Waals surface area contributed by atoms with Crippen molar-refractivity contribution in [1.29, 1.82) is 0 Å². The molecule has 2 bridgehead atoms. The molecule has 4 saturated carbocycles. The zero-order chi connectivity index (χ0) is 29.5. The summed E-state index contributed by atoms with van der Waals surface area (Å²) < 4.78 is 7.53. The largest absolute Gasteiger partial charge is 0.496 e. The molecule has 224 valence electrons. The van der Waals surface area contributed by atoms with Gasteiger partial charge in [-0.1, -0.05) is 31.4 Å². The Morgan fingerprint density at radius 3 is 2.36 bits per heavy atom. The number of pyridine rings is 1. The smallest absolute Gasteiger partial charge is 0.230 e. The molecule has 0 N–H and O–H groups in total. The molecule has 0 aliphatic heterocycles. The normalized spacial score (nSPS) is 24.5. The van der Waals surface area contributed by atoms with Crippen molar-refractivity contribution >= 4 is 11.6 Å². The number of carbonyl (C=O) groups is 1. The van der Waals surface area contributed by atoms with Crippen LogP contribution in [-0.4, -0.2) is 34.3 Å². The van der Waals surface area contributed by atoms with E-state index in [4.69, 9.17) is 9.72 Å². The van der Waals surface area contributed by atoms with E-state index in [1.807, 2.05) is 23.1 Å². The van der Waals surface area contributed by atoms with Crippen LogP contribution in [0.4, 0.5) is 5.69 Å². The molecule has 0 unspecified atom stereocenters. The van der Waals surface area contributed by atoms with E-state index in [-0.39, 0.29) is 22.3 Å². The predicted octanol–water partition coefficient (Wildman–Crippen LogP) is 8.22. The minimum Gasteiger partial charge on any atom is -0.496 e. The fourth-order valence-electron chi connectivity index (χ4n) is 7.91. The Morgan fingerprint density at radius 2 is 1.74 bits per heavy atom. The number of nitrogens with zero attached hydrogens (tertiary/aromatic N) is 4. The molecule has 1 amide bonds. The molecule has 3 aromatic rings. The summed E-state index contributed by atoms with van der Waals surface area (Å²) in [4.78, 5) is 21.2. The van der Waals surface area contributed by atoms with Gasteiger partial charge >= 0.3 is 0 Å². The molecule has 6 nitrogen and oxygen atoms in total. The minimum absolute atomic E-state index is 0.0975. The third kappa shape index (κ3) is 5.49. The highest BCUT2D eigenvalue weighted by Gasteiger charge is 2.50. The number of ether oxygens (including phenoxy) is 1. The molecule has 2 aromatic heterocycles. The van der Waals surface area contributed by atoms with Gasteiger partial charge in [-0.25, -0.2) is 0 Å². The van der Waals surface area contributed by atoms with E-state index in [1.54, 1.807) is 7.11 Å². The van der Waals surface area contributed by atoms with Crippen LogP contribution in [0.15, 0.2) is 48.9 Å². The topological polar surface area (TPSA) is 60.2 Å². The van der Waals surface area contributed by atoms with E-state index in [1.165, 1.54) is 56.1 Å². The number of anilines is 1. The molecule has 0 radical (unpaired) electrons. The van der Waals surface area contributed by atoms with Crippen molar-refractivity contribution in [2.45, 2.75) is 109 Å². The maximum atomic E-state index is 14.3. The third-order valence-corrected chi connectivity index (χ3v) is 10.7. The maximum absolute atomic E-state index is 14.3. The van der Waals surface area contributed by atoms with Crippen LogP contribution >= 0.6 is 0 Å². The number of rotatable bonds is 7. The van der Waals surface area contributed by atoms with E-state index in [2.05, 4.69) is 68.2 Å². The van der Waals surface area contributed by atoms with Gasteiger partial charge in [0.1, 0.15) is 5.75 Å². The van der Waals surface area contributed by atoms with E-state index < -0.39 is 0 Å². The fraction of sp³-hybridized carbons (Fsp3) is 0.583. The first-order chi connectivity index (χ1) is 20.1. The van der Waals surface area contributed by atoms with E-state index >= 15 is 0 Å². The lowest BCUT2D eigenvalue weighted by molar-refractivity contribution is -0.124. The van der Waals surface area contributed by atoms with Gasteiger partial charge in [-0.15, -0.1) is 0 Å². The lowest BCUT2D eigenvalue weighted by atomic mass is 9.51. The van der Waals surface area contributed by atoms with Crippen molar-refractivity contribution in [2.24, 2.45) is 11.3 Å². The van der Waals surface area contributed by atoms with Crippen LogP contribution in [0.5, 0.6) is 5.75 Å². The van der Waals surface area contributed by atoms with Crippen molar-refractivity contribution < 1.29 is 9.53 Å². The molecule has 7 rings (SSSR count). The minimum atomic E-state index is -0.0975. The maximum Gasteiger partial charge on any atom is 0.230 e. The average Bonchev–Trinajstić information content (AvgIpc) is 3.53. The van der Waals surface area contributed by atoms with Gasteiger partial charge in [0.2, 0.25) is 5.91 Å². The van der Waals surface area contributed by atoms with Gasteiger partial charge < -0.3 is 9.64 Å². The van der Waals surface area contributed by atoms with Crippen LogP contribution in [0, 0.1) is 18.3 Å². The summed E-state index contributed by atoms with van der Waals surface area (Å²) in [6.07, 6.45) is 18.5. The summed E-state index contributed by atoms with van der Waals surface area (Å²) in [6.45, 7) is 9.41. The number of methoxy groups -OCH3 is 1. The molecule has 4 fully saturated rings. The molecule has 4 aliphatic carbocycles. The quantitative estimate of drug-likeness (QED) is 0.288. The Balaban J connectivity index is 1.27. The van der Waals surface area contributed by atoms with E-state index in [0.717, 1.165) is 54.9 Å². The van der Waals surface area contributed by atoms with Gasteiger partial charge in [0, 0.05) is 36.1 Å². The number of aromatic nitrogens is 3. The first kappa shape index (κ1) is 28.9. The Morgan fingerprint density at radius 1 is 1.02 bits per heavy atom. The predicted molar refractivity (Wildman–Crippen MR) is 169 cm³/mol. The highest BCUT2D eigenvalue weighted by molar-refractivity contribution is 5.95. The number of carbonyl (C=O) groups excluding carboxylic acids is 1. The standard InChI is InChI=1S/C36H48N4O2/c1-26-21-29(11-12-32(26)42-5)36-17-14-35(15-18-36,16-19-36)25-39(33(41)27-9-7-6-8-10-27)30-13-20-37-31(22-30)28-23-38-40(24-28)34(2,3)4/h11-13,20-24,27H,6-10,14-19,25H2,1-5H3. The van der Waals surface area contributed by atoms with Crippen molar-refractivity contribution in [3.8, 4) is 17.0 Å². The van der Waals surface area contributed by atoms with Crippen LogP contribution in [0.1, 0.15) is 103 Å². The van der Waals surface area contributed by atoms with Gasteiger partial charge in [-0.3, -0.25) is 14.5 Å². The molecule has 0 atom stereocenters. The van der Waals surface area contributed by atoms with E-state index in [0.29, 0.717) is 5.91 Å². The molecular formula is C36H48N4O2. The Hall–Kier alpha value is -3.15. The number of amides is 1. The van der Waals surface area contributed by atoms with Gasteiger partial charge in [0.25, 0.3) is 0 Å². The van der Waals surface area contributed by atoms with Gasteiger partial charge in [-0.2, -0.15) is 5.10 Å². The highest BCUT2D eigenvalue weighted by atomic mass is 16.5. The monoisotopic (exact) mass is 568 g/mol. The van der Waals surface area contributed by atoms with Crippen LogP contribution in [0.25, 0.3) is 11.3 Å². The summed E-state index contributed by atoms with van der Waals surface area (Å²) in [7, 11) is 1.75. The number of aryl methyl sites for hydroxylation is 1. The summed E-state index contributed by atoms with van der Waals surface area (Å²) in [5.74, 6) is 1.42. The molecule has 4 aliphatic rings. The van der Waals surface area contributed by atoms with Crippen LogP contribution in [-0.2, 0) is 15.7 Å². The van der Waals surface area contributed by atoms with E-state index in [9.17, 15) is 4.79 Å². The van der Waals surface area contributed by atoms with Crippen LogP contribution in [0.3, 0.4) is 0 Å².